The number of carbonyl (C=O) groups excluding carboxylic acids is 1. The predicted molar refractivity (Wildman–Crippen MR) is 96.5 cm³/mol. The summed E-state index contributed by atoms with van der Waals surface area (Å²) in [5.41, 5.74) is 0.572. The molecule has 0 aromatic heterocycles. The van der Waals surface area contributed by atoms with Gasteiger partial charge in [0.05, 0.1) is 12.0 Å². The quantitative estimate of drug-likeness (QED) is 0.615. The second-order valence-electron chi connectivity index (χ2n) is 5.98. The number of carbonyl (C=O) groups is 1. The smallest absolute Gasteiger partial charge is 0.232 e. The van der Waals surface area contributed by atoms with Gasteiger partial charge < -0.3 is 10.0 Å². The van der Waals surface area contributed by atoms with E-state index in [1.54, 1.807) is 17.0 Å². The lowest BCUT2D eigenvalue weighted by Gasteiger charge is -2.28. The summed E-state index contributed by atoms with van der Waals surface area (Å²) in [6, 6.07) is 9.05. The van der Waals surface area contributed by atoms with E-state index in [4.69, 9.17) is 1.37 Å². The van der Waals surface area contributed by atoms with Crippen LogP contribution in [0.5, 0.6) is 0 Å². The number of benzene rings is 1. The van der Waals surface area contributed by atoms with Crippen LogP contribution in [0.4, 0.5) is 0 Å². The van der Waals surface area contributed by atoms with Crippen LogP contribution in [0.25, 0.3) is 0 Å². The lowest BCUT2D eigenvalue weighted by Crippen LogP contribution is -2.39. The normalized spacial score (nSPS) is 15.6. The van der Waals surface area contributed by atoms with Crippen molar-refractivity contribution < 1.29 is 11.3 Å². The summed E-state index contributed by atoms with van der Waals surface area (Å²) in [7, 11) is 0. The standard InChI is InChI=1S/C20H33NO2/c1-4-7-8-9-13-16-18(22)19(17-14-11-10-12-15-17)20(23)21(5-2)6-3/h10-12,14-15,18-19,22H,4-9,13,16H2,1-3H3/i19D. The molecule has 1 aromatic carbocycles. The molecule has 0 saturated heterocycles. The largest absolute Gasteiger partial charge is 0.392 e. The Kier molecular flexibility index (Phi) is 8.78. The third-order valence-electron chi connectivity index (χ3n) is 4.28. The van der Waals surface area contributed by atoms with Crippen molar-refractivity contribution in [1.82, 2.24) is 4.90 Å². The Morgan fingerprint density at radius 2 is 1.70 bits per heavy atom. The maximum Gasteiger partial charge on any atom is 0.232 e. The number of amides is 1. The van der Waals surface area contributed by atoms with Crippen molar-refractivity contribution in [2.24, 2.45) is 0 Å². The third kappa shape index (κ3) is 6.34. The summed E-state index contributed by atoms with van der Waals surface area (Å²) in [6.45, 7) is 7.08. The van der Waals surface area contributed by atoms with Gasteiger partial charge in [0.1, 0.15) is 0 Å². The van der Waals surface area contributed by atoms with Crippen LogP contribution < -0.4 is 0 Å². The highest BCUT2D eigenvalue weighted by Crippen LogP contribution is 2.26. The van der Waals surface area contributed by atoms with E-state index in [1.807, 2.05) is 32.0 Å². The highest BCUT2D eigenvalue weighted by Gasteiger charge is 2.30. The summed E-state index contributed by atoms with van der Waals surface area (Å²) in [5, 5.41) is 10.8. The first kappa shape index (κ1) is 18.0. The van der Waals surface area contributed by atoms with E-state index in [0.29, 0.717) is 25.1 Å². The average molecular weight is 320 g/mol. The van der Waals surface area contributed by atoms with Gasteiger partial charge in [0.25, 0.3) is 0 Å². The highest BCUT2D eigenvalue weighted by molar-refractivity contribution is 5.84. The molecule has 23 heavy (non-hydrogen) atoms. The molecule has 3 heteroatoms. The van der Waals surface area contributed by atoms with Gasteiger partial charge in [-0.3, -0.25) is 4.79 Å². The van der Waals surface area contributed by atoms with Crippen molar-refractivity contribution in [2.75, 3.05) is 13.1 Å². The molecule has 0 radical (unpaired) electrons. The fourth-order valence-electron chi connectivity index (χ4n) is 2.84. The van der Waals surface area contributed by atoms with E-state index in [2.05, 4.69) is 6.92 Å². The molecule has 0 heterocycles. The Morgan fingerprint density at radius 1 is 1.09 bits per heavy atom. The molecule has 0 spiro atoms. The molecule has 1 amide bonds. The van der Waals surface area contributed by atoms with Gasteiger partial charge in [0.2, 0.25) is 5.91 Å². The molecule has 0 bridgehead atoms. The third-order valence-corrected chi connectivity index (χ3v) is 4.28. The monoisotopic (exact) mass is 320 g/mol. The molecule has 1 rings (SSSR count). The van der Waals surface area contributed by atoms with Crippen molar-refractivity contribution in [3.63, 3.8) is 0 Å². The van der Waals surface area contributed by atoms with Crippen LogP contribution in [0.1, 0.15) is 72.1 Å². The molecule has 1 aromatic rings. The van der Waals surface area contributed by atoms with Gasteiger partial charge in [-0.1, -0.05) is 69.4 Å². The molecule has 1 N–H and O–H groups in total. The van der Waals surface area contributed by atoms with Crippen molar-refractivity contribution in [1.29, 1.82) is 0 Å². The number of unbranched alkanes of at least 4 members (excludes halogenated alkanes) is 4. The van der Waals surface area contributed by atoms with Gasteiger partial charge in [-0.25, -0.2) is 0 Å². The Morgan fingerprint density at radius 3 is 2.26 bits per heavy atom. The van der Waals surface area contributed by atoms with E-state index in [1.165, 1.54) is 12.8 Å². The number of likely N-dealkylation sites (N-methyl/N-ethyl adjacent to an activating group) is 1. The van der Waals surface area contributed by atoms with Crippen LogP contribution in [0.3, 0.4) is 0 Å². The average Bonchev–Trinajstić information content (AvgIpc) is 2.62. The van der Waals surface area contributed by atoms with Crippen molar-refractivity contribution in [2.45, 2.75) is 71.3 Å². The van der Waals surface area contributed by atoms with Crippen LogP contribution in [0, 0.1) is 0 Å². The second kappa shape index (κ2) is 11.2. The van der Waals surface area contributed by atoms with Gasteiger partial charge in [-0.15, -0.1) is 0 Å². The van der Waals surface area contributed by atoms with Gasteiger partial charge in [-0.2, -0.15) is 0 Å². The fraction of sp³-hybridized carbons (Fsp3) is 0.650. The number of nitrogens with zero attached hydrogens (tertiary/aromatic N) is 1. The van der Waals surface area contributed by atoms with E-state index >= 15 is 0 Å². The van der Waals surface area contributed by atoms with Crippen molar-refractivity contribution >= 4 is 5.91 Å². The van der Waals surface area contributed by atoms with E-state index in [-0.39, 0.29) is 5.91 Å². The van der Waals surface area contributed by atoms with Gasteiger partial charge in [-0.05, 0) is 25.8 Å². The number of rotatable bonds is 11. The first-order chi connectivity index (χ1) is 11.5. The van der Waals surface area contributed by atoms with Crippen molar-refractivity contribution in [3.8, 4) is 0 Å². The maximum atomic E-state index is 13.0. The highest BCUT2D eigenvalue weighted by atomic mass is 16.3. The Hall–Kier alpha value is -1.35. The summed E-state index contributed by atoms with van der Waals surface area (Å²) >= 11 is 0. The minimum atomic E-state index is -1.63. The molecule has 0 saturated carbocycles. The number of hydrogen-bond acceptors (Lipinski definition) is 2. The zero-order valence-electron chi connectivity index (χ0n) is 15.9. The molecule has 2 atom stereocenters. The molecule has 2 unspecified atom stereocenters. The van der Waals surface area contributed by atoms with Crippen molar-refractivity contribution in [3.05, 3.63) is 35.9 Å². The summed E-state index contributed by atoms with van der Waals surface area (Å²) in [5.74, 6) is -1.93. The Labute approximate surface area is 143 Å². The summed E-state index contributed by atoms with van der Waals surface area (Å²) in [6.07, 6.45) is 4.89. The lowest BCUT2D eigenvalue weighted by molar-refractivity contribution is -0.135. The lowest BCUT2D eigenvalue weighted by atomic mass is 9.89. The molecule has 0 aliphatic heterocycles. The minimum absolute atomic E-state index is 0.306. The molecule has 0 aliphatic rings. The maximum absolute atomic E-state index is 13.0. The van der Waals surface area contributed by atoms with Crippen LogP contribution in [0.2, 0.25) is 0 Å². The first-order valence-electron chi connectivity index (χ1n) is 9.55. The molecule has 0 fully saturated rings. The van der Waals surface area contributed by atoms with E-state index < -0.39 is 12.0 Å². The summed E-state index contributed by atoms with van der Waals surface area (Å²) < 4.78 is 8.89. The van der Waals surface area contributed by atoms with E-state index in [0.717, 1.165) is 19.3 Å². The second-order valence-corrected chi connectivity index (χ2v) is 5.98. The SMILES string of the molecule is [2H]C(C(=O)N(CC)CC)(c1ccccc1)C(O)CCCCCCC. The molecular formula is C20H33NO2. The Bertz CT molecular complexity index is 476. The summed E-state index contributed by atoms with van der Waals surface area (Å²) in [4.78, 5) is 14.6. The predicted octanol–water partition coefficient (Wildman–Crippen LogP) is 4.36. The Balaban J connectivity index is 2.95. The van der Waals surface area contributed by atoms with Crippen LogP contribution in [-0.4, -0.2) is 35.1 Å². The van der Waals surface area contributed by atoms with Crippen LogP contribution in [-0.2, 0) is 4.79 Å². The molecular weight excluding hydrogens is 286 g/mol. The zero-order chi connectivity index (χ0) is 18.0. The van der Waals surface area contributed by atoms with Gasteiger partial charge in [0.15, 0.2) is 0 Å². The van der Waals surface area contributed by atoms with E-state index in [9.17, 15) is 9.90 Å². The molecule has 130 valence electrons. The van der Waals surface area contributed by atoms with Gasteiger partial charge in [0, 0.05) is 14.5 Å². The fourth-order valence-corrected chi connectivity index (χ4v) is 2.84. The van der Waals surface area contributed by atoms with Gasteiger partial charge >= 0.3 is 0 Å². The number of aliphatic hydroxyl groups is 1. The number of hydrogen-bond donors (Lipinski definition) is 1. The first-order valence-corrected chi connectivity index (χ1v) is 9.05. The molecule has 3 nitrogen and oxygen atoms in total. The minimum Gasteiger partial charge on any atom is -0.392 e. The van der Waals surface area contributed by atoms with Crippen LogP contribution >= 0.6 is 0 Å². The molecule has 0 aliphatic carbocycles. The number of aliphatic hydroxyl groups excluding tert-OH is 1. The topological polar surface area (TPSA) is 40.5 Å². The van der Waals surface area contributed by atoms with Crippen LogP contribution in [0.15, 0.2) is 30.3 Å². The zero-order valence-corrected chi connectivity index (χ0v) is 14.9.